The number of benzene rings is 2. The fourth-order valence-corrected chi connectivity index (χ4v) is 3.50. The summed E-state index contributed by atoms with van der Waals surface area (Å²) in [5.41, 5.74) is 8.31. The van der Waals surface area contributed by atoms with Crippen LogP contribution in [0.2, 0.25) is 0 Å². The topological polar surface area (TPSA) is 76.6 Å². The number of hydrogen-bond donors (Lipinski definition) is 3. The maximum atomic E-state index is 12.5. The van der Waals surface area contributed by atoms with Gasteiger partial charge in [0.15, 0.2) is 12.6 Å². The summed E-state index contributed by atoms with van der Waals surface area (Å²) in [5, 5.41) is 3.00. The highest BCUT2D eigenvalue weighted by Crippen LogP contribution is 2.27. The normalized spacial score (nSPS) is 20.0. The number of nitrogens with two attached hydrogens (primary N) is 1. The third-order valence-corrected chi connectivity index (χ3v) is 4.75. The molecule has 3 rings (SSSR count). The number of likely N-dealkylation sites (tertiary alicyclic amines) is 1. The van der Waals surface area contributed by atoms with Gasteiger partial charge >= 0.3 is 0 Å². The first-order chi connectivity index (χ1) is 12.1. The SMILES string of the molecule is NC(=O)[C@H]1CCCC[NH+]1CC(=O)Nc1ccccc1-c1ccccc1. The largest absolute Gasteiger partial charge is 0.365 e. The van der Waals surface area contributed by atoms with Crippen molar-refractivity contribution in [3.63, 3.8) is 0 Å². The van der Waals surface area contributed by atoms with E-state index in [2.05, 4.69) is 5.32 Å². The first-order valence-electron chi connectivity index (χ1n) is 8.73. The molecule has 2 amide bonds. The molecule has 1 saturated heterocycles. The Balaban J connectivity index is 1.72. The van der Waals surface area contributed by atoms with Crippen LogP contribution in [0.4, 0.5) is 5.69 Å². The number of anilines is 1. The van der Waals surface area contributed by atoms with E-state index in [9.17, 15) is 9.59 Å². The second-order valence-electron chi connectivity index (χ2n) is 6.50. The summed E-state index contributed by atoms with van der Waals surface area (Å²) in [6, 6.07) is 17.4. The van der Waals surface area contributed by atoms with Gasteiger partial charge in [0.05, 0.1) is 6.54 Å². The number of rotatable bonds is 5. The van der Waals surface area contributed by atoms with Crippen LogP contribution in [-0.2, 0) is 9.59 Å². The van der Waals surface area contributed by atoms with Crippen LogP contribution in [0.25, 0.3) is 11.1 Å². The summed E-state index contributed by atoms with van der Waals surface area (Å²) < 4.78 is 0. The number of nitrogens with one attached hydrogen (secondary N) is 2. The minimum Gasteiger partial charge on any atom is -0.365 e. The van der Waals surface area contributed by atoms with Gasteiger partial charge in [-0.05, 0) is 24.5 Å². The molecule has 0 aromatic heterocycles. The van der Waals surface area contributed by atoms with Gasteiger partial charge in [0.2, 0.25) is 0 Å². The van der Waals surface area contributed by atoms with E-state index in [1.54, 1.807) is 0 Å². The maximum Gasteiger partial charge on any atom is 0.279 e. The van der Waals surface area contributed by atoms with Crippen molar-refractivity contribution in [3.05, 3.63) is 54.6 Å². The third-order valence-electron chi connectivity index (χ3n) is 4.75. The van der Waals surface area contributed by atoms with Crippen LogP contribution in [0.3, 0.4) is 0 Å². The number of piperidine rings is 1. The average molecular weight is 338 g/mol. The van der Waals surface area contributed by atoms with E-state index in [1.165, 1.54) is 0 Å². The first kappa shape index (κ1) is 17.2. The van der Waals surface area contributed by atoms with E-state index < -0.39 is 0 Å². The van der Waals surface area contributed by atoms with Crippen molar-refractivity contribution in [2.75, 3.05) is 18.4 Å². The number of primary amides is 1. The predicted octanol–water partition coefficient (Wildman–Crippen LogP) is 1.21. The van der Waals surface area contributed by atoms with E-state index in [0.717, 1.165) is 47.5 Å². The Morgan fingerprint density at radius 1 is 1.04 bits per heavy atom. The van der Waals surface area contributed by atoms with E-state index >= 15 is 0 Å². The first-order valence-corrected chi connectivity index (χ1v) is 8.73. The molecule has 2 aromatic rings. The van der Waals surface area contributed by atoms with Crippen molar-refractivity contribution < 1.29 is 14.5 Å². The van der Waals surface area contributed by atoms with Gasteiger partial charge in [-0.1, -0.05) is 48.5 Å². The molecule has 1 aliphatic heterocycles. The van der Waals surface area contributed by atoms with Gasteiger partial charge in [0.1, 0.15) is 0 Å². The Kier molecular flexibility index (Phi) is 5.46. The Bertz CT molecular complexity index is 746. The Hall–Kier alpha value is -2.66. The molecule has 0 spiro atoms. The predicted molar refractivity (Wildman–Crippen MR) is 98.0 cm³/mol. The highest BCUT2D eigenvalue weighted by atomic mass is 16.2. The van der Waals surface area contributed by atoms with Crippen LogP contribution in [0.15, 0.2) is 54.6 Å². The molecule has 25 heavy (non-hydrogen) atoms. The van der Waals surface area contributed by atoms with Gasteiger partial charge in [-0.2, -0.15) is 0 Å². The molecule has 1 aliphatic rings. The lowest BCUT2D eigenvalue weighted by Crippen LogP contribution is -3.18. The lowest BCUT2D eigenvalue weighted by molar-refractivity contribution is -0.913. The lowest BCUT2D eigenvalue weighted by Gasteiger charge is -2.29. The number of amides is 2. The molecule has 2 atom stereocenters. The average Bonchev–Trinajstić information content (AvgIpc) is 2.63. The zero-order valence-electron chi connectivity index (χ0n) is 14.2. The number of hydrogen-bond acceptors (Lipinski definition) is 2. The summed E-state index contributed by atoms with van der Waals surface area (Å²) in [5.74, 6) is -0.404. The monoisotopic (exact) mass is 338 g/mol. The molecule has 0 radical (unpaired) electrons. The molecule has 5 nitrogen and oxygen atoms in total. The van der Waals surface area contributed by atoms with Crippen LogP contribution in [-0.4, -0.2) is 30.9 Å². The van der Waals surface area contributed by atoms with Gasteiger partial charge in [0, 0.05) is 17.7 Å². The minimum atomic E-state index is -0.313. The molecule has 130 valence electrons. The maximum absolute atomic E-state index is 12.5. The fraction of sp³-hybridized carbons (Fsp3) is 0.300. The van der Waals surface area contributed by atoms with Crippen LogP contribution in [0.5, 0.6) is 0 Å². The van der Waals surface area contributed by atoms with Crippen LogP contribution in [0, 0.1) is 0 Å². The van der Waals surface area contributed by atoms with Gasteiger partial charge in [-0.3, -0.25) is 9.59 Å². The summed E-state index contributed by atoms with van der Waals surface area (Å²) in [4.78, 5) is 25.1. The molecule has 1 fully saturated rings. The summed E-state index contributed by atoms with van der Waals surface area (Å²) in [7, 11) is 0. The zero-order valence-corrected chi connectivity index (χ0v) is 14.2. The standard InChI is InChI=1S/C20H23N3O2/c21-20(25)18-12-6-7-13-23(18)14-19(24)22-17-11-5-4-10-16(17)15-8-2-1-3-9-15/h1-5,8-11,18H,6-7,12-14H2,(H2,21,25)(H,22,24)/p+1/t18-/m1/s1. The number of para-hydroxylation sites is 1. The Morgan fingerprint density at radius 2 is 1.76 bits per heavy atom. The van der Waals surface area contributed by atoms with Crippen molar-refractivity contribution in [3.8, 4) is 11.1 Å². The lowest BCUT2D eigenvalue weighted by atomic mass is 10.0. The molecule has 5 heteroatoms. The van der Waals surface area contributed by atoms with Crippen LogP contribution in [0.1, 0.15) is 19.3 Å². The Labute approximate surface area is 147 Å². The number of quaternary nitrogens is 1. The Morgan fingerprint density at radius 3 is 2.52 bits per heavy atom. The molecule has 4 N–H and O–H groups in total. The van der Waals surface area contributed by atoms with Gasteiger partial charge < -0.3 is 16.0 Å². The third kappa shape index (κ3) is 4.25. The van der Waals surface area contributed by atoms with E-state index in [1.807, 2.05) is 54.6 Å². The van der Waals surface area contributed by atoms with Gasteiger partial charge in [-0.25, -0.2) is 0 Å². The van der Waals surface area contributed by atoms with Crippen LogP contribution < -0.4 is 16.0 Å². The van der Waals surface area contributed by atoms with Crippen molar-refractivity contribution in [1.82, 2.24) is 0 Å². The highest BCUT2D eigenvalue weighted by molar-refractivity contribution is 5.96. The van der Waals surface area contributed by atoms with Crippen molar-refractivity contribution in [2.45, 2.75) is 25.3 Å². The summed E-state index contributed by atoms with van der Waals surface area (Å²) in [6.07, 6.45) is 2.78. The molecule has 2 aromatic carbocycles. The van der Waals surface area contributed by atoms with E-state index in [4.69, 9.17) is 5.73 Å². The van der Waals surface area contributed by atoms with E-state index in [-0.39, 0.29) is 24.4 Å². The smallest absolute Gasteiger partial charge is 0.279 e. The molecule has 0 bridgehead atoms. The van der Waals surface area contributed by atoms with E-state index in [0.29, 0.717) is 0 Å². The number of carbonyl (C=O) groups excluding carboxylic acids is 2. The summed E-state index contributed by atoms with van der Waals surface area (Å²) >= 11 is 0. The molecule has 1 unspecified atom stereocenters. The van der Waals surface area contributed by atoms with Crippen molar-refractivity contribution >= 4 is 17.5 Å². The second-order valence-corrected chi connectivity index (χ2v) is 6.50. The zero-order chi connectivity index (χ0) is 17.6. The quantitative estimate of drug-likeness (QED) is 0.766. The van der Waals surface area contributed by atoms with Gasteiger partial charge in [-0.15, -0.1) is 0 Å². The second kappa shape index (κ2) is 7.94. The van der Waals surface area contributed by atoms with Crippen molar-refractivity contribution in [2.24, 2.45) is 5.73 Å². The molecule has 0 saturated carbocycles. The molecular weight excluding hydrogens is 314 g/mol. The molecular formula is C20H24N3O2+. The fourth-order valence-electron chi connectivity index (χ4n) is 3.50. The van der Waals surface area contributed by atoms with Crippen LogP contribution >= 0.6 is 0 Å². The minimum absolute atomic E-state index is 0.0912. The van der Waals surface area contributed by atoms with Gasteiger partial charge in [0.25, 0.3) is 11.8 Å². The highest BCUT2D eigenvalue weighted by Gasteiger charge is 2.32. The number of carbonyl (C=O) groups is 2. The summed E-state index contributed by atoms with van der Waals surface area (Å²) in [6.45, 7) is 1.07. The molecule has 1 heterocycles. The van der Waals surface area contributed by atoms with Crippen molar-refractivity contribution in [1.29, 1.82) is 0 Å². The molecule has 0 aliphatic carbocycles.